The Balaban J connectivity index is 2.34. The summed E-state index contributed by atoms with van der Waals surface area (Å²) in [5.41, 5.74) is 2.79. The van der Waals surface area contributed by atoms with Gasteiger partial charge in [-0.2, -0.15) is 0 Å². The Morgan fingerprint density at radius 1 is 1.44 bits per heavy atom. The number of para-hydroxylation sites is 1. The van der Waals surface area contributed by atoms with Crippen LogP contribution in [0.4, 0.5) is 0 Å². The van der Waals surface area contributed by atoms with Crippen LogP contribution in [0.25, 0.3) is 0 Å². The van der Waals surface area contributed by atoms with Gasteiger partial charge in [0, 0.05) is 12.0 Å². The topological polar surface area (TPSA) is 84.6 Å². The standard InChI is InChI=1S/C11H16N2O3/c12-13-11(15)6-3-7-16-10-5-2-1-4-9(10)8-14/h1-2,4-5,14H,3,6-8,12H2,(H,13,15). The van der Waals surface area contributed by atoms with Gasteiger partial charge in [-0.05, 0) is 12.5 Å². The highest BCUT2D eigenvalue weighted by Crippen LogP contribution is 2.17. The third kappa shape index (κ3) is 3.88. The molecule has 5 heteroatoms. The van der Waals surface area contributed by atoms with Gasteiger partial charge in [-0.1, -0.05) is 18.2 Å². The molecule has 5 nitrogen and oxygen atoms in total. The van der Waals surface area contributed by atoms with E-state index in [1.807, 2.05) is 12.1 Å². The summed E-state index contributed by atoms with van der Waals surface area (Å²) in [6.45, 7) is 0.365. The van der Waals surface area contributed by atoms with Crippen molar-refractivity contribution in [1.82, 2.24) is 5.43 Å². The summed E-state index contributed by atoms with van der Waals surface area (Å²) in [5, 5.41) is 9.04. The van der Waals surface area contributed by atoms with Crippen molar-refractivity contribution in [3.05, 3.63) is 29.8 Å². The molecule has 0 heterocycles. The van der Waals surface area contributed by atoms with Crippen molar-refractivity contribution in [1.29, 1.82) is 0 Å². The Morgan fingerprint density at radius 2 is 2.19 bits per heavy atom. The fourth-order valence-electron chi connectivity index (χ4n) is 1.26. The lowest BCUT2D eigenvalue weighted by atomic mass is 10.2. The smallest absolute Gasteiger partial charge is 0.234 e. The minimum absolute atomic E-state index is 0.0561. The molecule has 0 aliphatic heterocycles. The highest BCUT2D eigenvalue weighted by molar-refractivity contribution is 5.75. The van der Waals surface area contributed by atoms with Crippen molar-refractivity contribution in [3.63, 3.8) is 0 Å². The number of amides is 1. The number of nitrogens with one attached hydrogen (secondary N) is 1. The van der Waals surface area contributed by atoms with Crippen LogP contribution in [0.15, 0.2) is 24.3 Å². The zero-order chi connectivity index (χ0) is 11.8. The maximum Gasteiger partial charge on any atom is 0.234 e. The minimum Gasteiger partial charge on any atom is -0.493 e. The van der Waals surface area contributed by atoms with E-state index in [4.69, 9.17) is 15.7 Å². The minimum atomic E-state index is -0.209. The second-order valence-corrected chi connectivity index (χ2v) is 3.29. The van der Waals surface area contributed by atoms with E-state index in [1.54, 1.807) is 12.1 Å². The van der Waals surface area contributed by atoms with Crippen LogP contribution in [-0.2, 0) is 11.4 Å². The van der Waals surface area contributed by atoms with Crippen LogP contribution in [0.3, 0.4) is 0 Å². The van der Waals surface area contributed by atoms with E-state index in [-0.39, 0.29) is 12.5 Å². The van der Waals surface area contributed by atoms with Crippen LogP contribution >= 0.6 is 0 Å². The maximum atomic E-state index is 10.8. The van der Waals surface area contributed by atoms with Crippen LogP contribution in [0.5, 0.6) is 5.75 Å². The monoisotopic (exact) mass is 224 g/mol. The van der Waals surface area contributed by atoms with Gasteiger partial charge >= 0.3 is 0 Å². The average molecular weight is 224 g/mol. The lowest BCUT2D eigenvalue weighted by Gasteiger charge is -2.09. The Labute approximate surface area is 94.2 Å². The van der Waals surface area contributed by atoms with Crippen LogP contribution in [0.2, 0.25) is 0 Å². The van der Waals surface area contributed by atoms with Crippen LogP contribution in [-0.4, -0.2) is 17.6 Å². The number of aliphatic hydroxyl groups is 1. The van der Waals surface area contributed by atoms with Crippen LogP contribution in [0, 0.1) is 0 Å². The van der Waals surface area contributed by atoms with Crippen molar-refractivity contribution in [3.8, 4) is 5.75 Å². The number of nitrogens with two attached hydrogens (primary N) is 1. The third-order valence-electron chi connectivity index (χ3n) is 2.11. The molecule has 1 amide bonds. The Morgan fingerprint density at radius 3 is 2.88 bits per heavy atom. The Bertz CT molecular complexity index is 342. The molecular weight excluding hydrogens is 208 g/mol. The largest absolute Gasteiger partial charge is 0.493 e. The number of rotatable bonds is 6. The van der Waals surface area contributed by atoms with Gasteiger partial charge < -0.3 is 9.84 Å². The molecular formula is C11H16N2O3. The number of benzene rings is 1. The van der Waals surface area contributed by atoms with E-state index in [2.05, 4.69) is 5.43 Å². The van der Waals surface area contributed by atoms with Crippen molar-refractivity contribution < 1.29 is 14.6 Å². The fraction of sp³-hybridized carbons (Fsp3) is 0.364. The first-order valence-electron chi connectivity index (χ1n) is 5.09. The predicted molar refractivity (Wildman–Crippen MR) is 59.4 cm³/mol. The molecule has 4 N–H and O–H groups in total. The lowest BCUT2D eigenvalue weighted by molar-refractivity contribution is -0.121. The van der Waals surface area contributed by atoms with E-state index in [1.165, 1.54) is 0 Å². The molecule has 1 aromatic rings. The summed E-state index contributed by atoms with van der Waals surface area (Å²) < 4.78 is 5.44. The second kappa shape index (κ2) is 6.81. The van der Waals surface area contributed by atoms with Gasteiger partial charge in [-0.15, -0.1) is 0 Å². The molecule has 0 spiro atoms. The van der Waals surface area contributed by atoms with Gasteiger partial charge in [0.05, 0.1) is 13.2 Å². The molecule has 0 aliphatic carbocycles. The summed E-state index contributed by atoms with van der Waals surface area (Å²) in [6.07, 6.45) is 0.917. The number of carbonyl (C=O) groups is 1. The van der Waals surface area contributed by atoms with Gasteiger partial charge in [0.15, 0.2) is 0 Å². The number of hydrazine groups is 1. The predicted octanol–water partition coefficient (Wildman–Crippen LogP) is 0.328. The summed E-state index contributed by atoms with van der Waals surface area (Å²) >= 11 is 0. The summed E-state index contributed by atoms with van der Waals surface area (Å²) in [7, 11) is 0. The molecule has 0 fully saturated rings. The summed E-state index contributed by atoms with van der Waals surface area (Å²) in [5.74, 6) is 5.38. The summed E-state index contributed by atoms with van der Waals surface area (Å²) in [4.78, 5) is 10.8. The van der Waals surface area contributed by atoms with Gasteiger partial charge in [0.1, 0.15) is 5.75 Å². The molecule has 0 bridgehead atoms. The van der Waals surface area contributed by atoms with Crippen LogP contribution in [0.1, 0.15) is 18.4 Å². The fourth-order valence-corrected chi connectivity index (χ4v) is 1.26. The highest BCUT2D eigenvalue weighted by atomic mass is 16.5. The molecule has 1 aromatic carbocycles. The molecule has 88 valence electrons. The normalized spacial score (nSPS) is 9.88. The number of hydrogen-bond donors (Lipinski definition) is 3. The second-order valence-electron chi connectivity index (χ2n) is 3.29. The maximum absolute atomic E-state index is 10.8. The number of hydrogen-bond acceptors (Lipinski definition) is 4. The van der Waals surface area contributed by atoms with Gasteiger partial charge in [0.2, 0.25) is 5.91 Å². The van der Waals surface area contributed by atoms with Gasteiger partial charge in [-0.25, -0.2) is 5.84 Å². The zero-order valence-corrected chi connectivity index (χ0v) is 8.98. The van der Waals surface area contributed by atoms with E-state index >= 15 is 0 Å². The first-order valence-corrected chi connectivity index (χ1v) is 5.09. The van der Waals surface area contributed by atoms with E-state index in [0.717, 1.165) is 5.56 Å². The van der Waals surface area contributed by atoms with Gasteiger partial charge in [-0.3, -0.25) is 10.2 Å². The van der Waals surface area contributed by atoms with Gasteiger partial charge in [0.25, 0.3) is 0 Å². The average Bonchev–Trinajstić information content (AvgIpc) is 2.34. The molecule has 0 aliphatic rings. The highest BCUT2D eigenvalue weighted by Gasteiger charge is 2.02. The molecule has 1 rings (SSSR count). The molecule has 0 unspecified atom stereocenters. The first-order chi connectivity index (χ1) is 7.77. The quantitative estimate of drug-likeness (QED) is 0.281. The van der Waals surface area contributed by atoms with Crippen molar-refractivity contribution in [2.24, 2.45) is 5.84 Å². The van der Waals surface area contributed by atoms with E-state index < -0.39 is 0 Å². The zero-order valence-electron chi connectivity index (χ0n) is 8.98. The van der Waals surface area contributed by atoms with E-state index in [0.29, 0.717) is 25.2 Å². The number of carbonyl (C=O) groups excluding carboxylic acids is 1. The number of aliphatic hydroxyl groups excluding tert-OH is 1. The number of ether oxygens (including phenoxy) is 1. The van der Waals surface area contributed by atoms with Crippen molar-refractivity contribution >= 4 is 5.91 Å². The third-order valence-corrected chi connectivity index (χ3v) is 2.11. The summed E-state index contributed by atoms with van der Waals surface area (Å²) in [6, 6.07) is 7.25. The first kappa shape index (κ1) is 12.5. The van der Waals surface area contributed by atoms with Crippen LogP contribution < -0.4 is 16.0 Å². The molecule has 0 saturated heterocycles. The molecule has 0 radical (unpaired) electrons. The molecule has 0 saturated carbocycles. The molecule has 0 atom stereocenters. The van der Waals surface area contributed by atoms with Crippen molar-refractivity contribution in [2.45, 2.75) is 19.4 Å². The SMILES string of the molecule is NNC(=O)CCCOc1ccccc1CO. The molecule has 0 aromatic heterocycles. The lowest BCUT2D eigenvalue weighted by Crippen LogP contribution is -2.29. The van der Waals surface area contributed by atoms with E-state index in [9.17, 15) is 4.79 Å². The molecule has 16 heavy (non-hydrogen) atoms. The van der Waals surface area contributed by atoms with Crippen molar-refractivity contribution in [2.75, 3.05) is 6.61 Å². The Hall–Kier alpha value is -1.59. The Kier molecular flexibility index (Phi) is 5.31.